The van der Waals surface area contributed by atoms with E-state index in [0.717, 1.165) is 4.90 Å². The molecular formula is C12H21NO5. The molecule has 0 spiro atoms. The predicted molar refractivity (Wildman–Crippen MR) is 65.3 cm³/mol. The van der Waals surface area contributed by atoms with Gasteiger partial charge in [0.05, 0.1) is 6.54 Å². The third-order valence-corrected chi connectivity index (χ3v) is 2.06. The number of carbonyl (C=O) groups excluding carboxylic acids is 2. The molecule has 0 radical (unpaired) electrons. The zero-order valence-electron chi connectivity index (χ0n) is 11.5. The van der Waals surface area contributed by atoms with E-state index in [2.05, 4.69) is 0 Å². The molecule has 1 N–H and O–H groups in total. The van der Waals surface area contributed by atoms with Gasteiger partial charge in [-0.1, -0.05) is 13.8 Å². The first-order valence-electron chi connectivity index (χ1n) is 5.95. The summed E-state index contributed by atoms with van der Waals surface area (Å²) in [4.78, 5) is 34.5. The number of carboxylic acids is 1. The van der Waals surface area contributed by atoms with E-state index in [9.17, 15) is 14.4 Å². The number of aliphatic carboxylic acids is 1. The Kier molecular flexibility index (Phi) is 5.81. The lowest BCUT2D eigenvalue weighted by Gasteiger charge is -2.26. The molecule has 1 fully saturated rings. The first kappa shape index (κ1) is 16.4. The molecule has 0 aromatic rings. The van der Waals surface area contributed by atoms with Gasteiger partial charge in [0.15, 0.2) is 5.78 Å². The van der Waals surface area contributed by atoms with Gasteiger partial charge in [-0.05, 0) is 20.8 Å². The highest BCUT2D eigenvalue weighted by atomic mass is 16.6. The lowest BCUT2D eigenvalue weighted by atomic mass is 10.2. The van der Waals surface area contributed by atoms with Gasteiger partial charge >= 0.3 is 12.1 Å². The topological polar surface area (TPSA) is 83.9 Å². The fourth-order valence-electron chi connectivity index (χ4n) is 1.42. The Bertz CT molecular complexity index is 332. The Labute approximate surface area is 107 Å². The largest absolute Gasteiger partial charge is 0.480 e. The Morgan fingerprint density at radius 3 is 2.22 bits per heavy atom. The minimum Gasteiger partial charge on any atom is -0.480 e. The van der Waals surface area contributed by atoms with Crippen molar-refractivity contribution in [2.24, 2.45) is 0 Å². The smallest absolute Gasteiger partial charge is 0.411 e. The number of likely N-dealkylation sites (tertiary alicyclic amines) is 1. The second kappa shape index (κ2) is 6.37. The summed E-state index contributed by atoms with van der Waals surface area (Å²) >= 11 is 0. The molecule has 1 saturated heterocycles. The Hall–Kier alpha value is -1.59. The molecule has 1 atom stereocenters. The van der Waals surface area contributed by atoms with E-state index in [0.29, 0.717) is 0 Å². The minimum atomic E-state index is -1.18. The highest BCUT2D eigenvalue weighted by Gasteiger charge is 2.40. The zero-order chi connectivity index (χ0) is 14.5. The van der Waals surface area contributed by atoms with Gasteiger partial charge in [-0.25, -0.2) is 9.59 Å². The summed E-state index contributed by atoms with van der Waals surface area (Å²) < 4.78 is 5.02. The molecule has 1 heterocycles. The van der Waals surface area contributed by atoms with E-state index >= 15 is 0 Å². The van der Waals surface area contributed by atoms with Crippen LogP contribution in [0.25, 0.3) is 0 Å². The zero-order valence-corrected chi connectivity index (χ0v) is 11.5. The molecule has 1 aliphatic heterocycles. The summed E-state index contributed by atoms with van der Waals surface area (Å²) in [6.07, 6.45) is -0.903. The van der Waals surface area contributed by atoms with E-state index in [1.165, 1.54) is 0 Å². The van der Waals surface area contributed by atoms with Crippen molar-refractivity contribution in [2.75, 3.05) is 6.54 Å². The second-order valence-corrected chi connectivity index (χ2v) is 4.71. The molecule has 0 aromatic carbocycles. The van der Waals surface area contributed by atoms with E-state index in [4.69, 9.17) is 9.84 Å². The van der Waals surface area contributed by atoms with Gasteiger partial charge in [0.25, 0.3) is 0 Å². The fraction of sp³-hybridized carbons (Fsp3) is 0.750. The van der Waals surface area contributed by atoms with E-state index in [1.807, 2.05) is 13.8 Å². The SMILES string of the molecule is CC.CC(C)(C)OC(=O)N1CC(=O)CC1C(=O)O. The van der Waals surface area contributed by atoms with Gasteiger partial charge in [-0.3, -0.25) is 9.69 Å². The molecule has 1 rings (SSSR count). The molecule has 6 heteroatoms. The summed E-state index contributed by atoms with van der Waals surface area (Å²) in [6.45, 7) is 8.85. The number of nitrogens with zero attached hydrogens (tertiary/aromatic N) is 1. The van der Waals surface area contributed by atoms with Gasteiger partial charge < -0.3 is 9.84 Å². The van der Waals surface area contributed by atoms with Crippen molar-refractivity contribution in [3.8, 4) is 0 Å². The quantitative estimate of drug-likeness (QED) is 0.774. The van der Waals surface area contributed by atoms with Gasteiger partial charge in [0, 0.05) is 6.42 Å². The summed E-state index contributed by atoms with van der Waals surface area (Å²) in [5.74, 6) is -1.45. The number of amides is 1. The monoisotopic (exact) mass is 259 g/mol. The molecule has 1 unspecified atom stereocenters. The number of Topliss-reactive ketones (excluding diaryl/α,β-unsaturated/α-hetero) is 1. The third-order valence-electron chi connectivity index (χ3n) is 2.06. The number of ether oxygens (including phenoxy) is 1. The summed E-state index contributed by atoms with van der Waals surface area (Å²) in [7, 11) is 0. The van der Waals surface area contributed by atoms with Crippen LogP contribution in [0.3, 0.4) is 0 Å². The molecule has 104 valence electrons. The van der Waals surface area contributed by atoms with Crippen molar-refractivity contribution in [3.05, 3.63) is 0 Å². The summed E-state index contributed by atoms with van der Waals surface area (Å²) in [5.41, 5.74) is -0.703. The van der Waals surface area contributed by atoms with Crippen LogP contribution in [0, 0.1) is 0 Å². The van der Waals surface area contributed by atoms with Crippen LogP contribution in [0.15, 0.2) is 0 Å². The van der Waals surface area contributed by atoms with Crippen molar-refractivity contribution in [2.45, 2.75) is 52.7 Å². The standard InChI is InChI=1S/C10H15NO5.C2H6/c1-10(2,3)16-9(15)11-5-6(12)4-7(11)8(13)14;1-2/h7H,4-5H2,1-3H3,(H,13,14);1-2H3. The third kappa shape index (κ3) is 4.73. The van der Waals surface area contributed by atoms with Crippen molar-refractivity contribution >= 4 is 17.8 Å². The van der Waals surface area contributed by atoms with Crippen LogP contribution in [0.2, 0.25) is 0 Å². The normalized spacial score (nSPS) is 19.1. The molecule has 6 nitrogen and oxygen atoms in total. The molecule has 18 heavy (non-hydrogen) atoms. The van der Waals surface area contributed by atoms with E-state index < -0.39 is 23.7 Å². The second-order valence-electron chi connectivity index (χ2n) is 4.71. The number of carboxylic acid groups (broad SMARTS) is 1. The van der Waals surface area contributed by atoms with Gasteiger partial charge in [0.1, 0.15) is 11.6 Å². The summed E-state index contributed by atoms with van der Waals surface area (Å²) in [5, 5.41) is 8.85. The van der Waals surface area contributed by atoms with Crippen molar-refractivity contribution in [1.82, 2.24) is 4.90 Å². The number of carbonyl (C=O) groups is 3. The molecule has 0 aliphatic carbocycles. The van der Waals surface area contributed by atoms with Gasteiger partial charge in [-0.2, -0.15) is 0 Å². The lowest BCUT2D eigenvalue weighted by Crippen LogP contribution is -2.43. The average molecular weight is 259 g/mol. The lowest BCUT2D eigenvalue weighted by molar-refractivity contribution is -0.142. The van der Waals surface area contributed by atoms with Crippen LogP contribution in [0.4, 0.5) is 4.79 Å². The average Bonchev–Trinajstić information content (AvgIpc) is 2.61. The molecule has 0 aromatic heterocycles. The van der Waals surface area contributed by atoms with Gasteiger partial charge in [0.2, 0.25) is 0 Å². The molecular weight excluding hydrogens is 238 g/mol. The van der Waals surface area contributed by atoms with Crippen LogP contribution >= 0.6 is 0 Å². The first-order valence-corrected chi connectivity index (χ1v) is 5.95. The molecule has 0 bridgehead atoms. The highest BCUT2D eigenvalue weighted by Crippen LogP contribution is 2.18. The van der Waals surface area contributed by atoms with Gasteiger partial charge in [-0.15, -0.1) is 0 Å². The van der Waals surface area contributed by atoms with Crippen LogP contribution in [0.1, 0.15) is 41.0 Å². The Morgan fingerprint density at radius 2 is 1.83 bits per heavy atom. The van der Waals surface area contributed by atoms with Crippen LogP contribution in [-0.2, 0) is 14.3 Å². The maximum atomic E-state index is 11.6. The number of hydrogen-bond donors (Lipinski definition) is 1. The van der Waals surface area contributed by atoms with E-state index in [1.54, 1.807) is 20.8 Å². The number of ketones is 1. The number of hydrogen-bond acceptors (Lipinski definition) is 4. The molecule has 1 amide bonds. The first-order chi connectivity index (χ1) is 8.20. The van der Waals surface area contributed by atoms with Crippen molar-refractivity contribution in [3.63, 3.8) is 0 Å². The van der Waals surface area contributed by atoms with Crippen LogP contribution in [-0.4, -0.2) is 46.0 Å². The highest BCUT2D eigenvalue weighted by molar-refractivity contribution is 5.95. The maximum Gasteiger partial charge on any atom is 0.411 e. The Balaban J connectivity index is 0.00000137. The van der Waals surface area contributed by atoms with Crippen molar-refractivity contribution < 1.29 is 24.2 Å². The van der Waals surface area contributed by atoms with Crippen molar-refractivity contribution in [1.29, 1.82) is 0 Å². The maximum absolute atomic E-state index is 11.6. The fourth-order valence-corrected chi connectivity index (χ4v) is 1.42. The number of rotatable bonds is 1. The minimum absolute atomic E-state index is 0.144. The molecule has 0 saturated carbocycles. The summed E-state index contributed by atoms with van der Waals surface area (Å²) in [6, 6.07) is -1.10. The van der Waals surface area contributed by atoms with Crippen LogP contribution in [0.5, 0.6) is 0 Å². The predicted octanol–water partition coefficient (Wildman–Crippen LogP) is 1.68. The molecule has 1 aliphatic rings. The van der Waals surface area contributed by atoms with E-state index in [-0.39, 0.29) is 18.7 Å². The Morgan fingerprint density at radius 1 is 1.33 bits per heavy atom. The van der Waals surface area contributed by atoms with Crippen LogP contribution < -0.4 is 0 Å².